The first-order valence-corrected chi connectivity index (χ1v) is 6.79. The van der Waals surface area contributed by atoms with Crippen molar-refractivity contribution in [1.29, 1.82) is 0 Å². The number of hydrogen-bond acceptors (Lipinski definition) is 2. The van der Waals surface area contributed by atoms with E-state index >= 15 is 0 Å². The van der Waals surface area contributed by atoms with Crippen LogP contribution in [-0.2, 0) is 0 Å². The number of rotatable bonds is 4. The van der Waals surface area contributed by atoms with Crippen LogP contribution in [0.25, 0.3) is 0 Å². The highest BCUT2D eigenvalue weighted by Gasteiger charge is 2.15. The Hall–Kier alpha value is -0.770. The fourth-order valence-corrected chi connectivity index (χ4v) is 2.46. The SMILES string of the molecule is Cc1ccc(Cl)cc1C(=O)NCCC1CCNC1.Cl. The minimum atomic E-state index is -0.0269. The predicted molar refractivity (Wildman–Crippen MR) is 81.4 cm³/mol. The number of aryl methyl sites for hydroxylation is 1. The Balaban J connectivity index is 0.00000180. The lowest BCUT2D eigenvalue weighted by molar-refractivity contribution is 0.0951. The van der Waals surface area contributed by atoms with Gasteiger partial charge < -0.3 is 10.6 Å². The molecule has 0 bridgehead atoms. The molecule has 1 unspecified atom stereocenters. The summed E-state index contributed by atoms with van der Waals surface area (Å²) in [5.74, 6) is 0.673. The van der Waals surface area contributed by atoms with Crippen molar-refractivity contribution in [2.45, 2.75) is 19.8 Å². The minimum Gasteiger partial charge on any atom is -0.352 e. The summed E-state index contributed by atoms with van der Waals surface area (Å²) in [5, 5.41) is 6.90. The van der Waals surface area contributed by atoms with E-state index in [0.29, 0.717) is 16.5 Å². The van der Waals surface area contributed by atoms with Gasteiger partial charge in [-0.2, -0.15) is 0 Å². The third-order valence-corrected chi connectivity index (χ3v) is 3.68. The van der Waals surface area contributed by atoms with Crippen molar-refractivity contribution < 1.29 is 4.79 Å². The molecule has 1 aliphatic rings. The van der Waals surface area contributed by atoms with Crippen LogP contribution in [0.1, 0.15) is 28.8 Å². The second-order valence-corrected chi connectivity index (χ2v) is 5.30. The van der Waals surface area contributed by atoms with E-state index in [4.69, 9.17) is 11.6 Å². The largest absolute Gasteiger partial charge is 0.352 e. The summed E-state index contributed by atoms with van der Waals surface area (Å²) in [5.41, 5.74) is 1.63. The Morgan fingerprint density at radius 2 is 2.32 bits per heavy atom. The molecule has 0 radical (unpaired) electrons. The van der Waals surface area contributed by atoms with Crippen molar-refractivity contribution >= 4 is 29.9 Å². The van der Waals surface area contributed by atoms with Crippen LogP contribution < -0.4 is 10.6 Å². The van der Waals surface area contributed by atoms with Gasteiger partial charge in [0.15, 0.2) is 0 Å². The predicted octanol–water partition coefficient (Wildman–Crippen LogP) is 2.80. The van der Waals surface area contributed by atoms with Crippen molar-refractivity contribution in [2.75, 3.05) is 19.6 Å². The highest BCUT2D eigenvalue weighted by atomic mass is 35.5. The molecule has 1 fully saturated rings. The Labute approximate surface area is 125 Å². The Kier molecular flexibility index (Phi) is 6.63. The molecule has 1 aliphatic heterocycles. The lowest BCUT2D eigenvalue weighted by atomic mass is 10.0. The lowest BCUT2D eigenvalue weighted by Crippen LogP contribution is -2.27. The van der Waals surface area contributed by atoms with E-state index in [1.807, 2.05) is 13.0 Å². The molecule has 1 aromatic carbocycles. The Morgan fingerprint density at radius 3 is 3.00 bits per heavy atom. The summed E-state index contributed by atoms with van der Waals surface area (Å²) in [4.78, 5) is 12.0. The van der Waals surface area contributed by atoms with E-state index in [9.17, 15) is 4.79 Å². The van der Waals surface area contributed by atoms with Gasteiger partial charge in [-0.15, -0.1) is 12.4 Å². The molecule has 5 heteroatoms. The molecule has 0 saturated carbocycles. The zero-order valence-electron chi connectivity index (χ0n) is 11.0. The monoisotopic (exact) mass is 302 g/mol. The van der Waals surface area contributed by atoms with E-state index in [1.54, 1.807) is 12.1 Å². The zero-order valence-corrected chi connectivity index (χ0v) is 12.6. The first-order chi connectivity index (χ1) is 8.66. The molecule has 1 aromatic rings. The normalized spacial score (nSPS) is 17.9. The highest BCUT2D eigenvalue weighted by Crippen LogP contribution is 2.15. The number of hydrogen-bond donors (Lipinski definition) is 2. The molecule has 0 spiro atoms. The van der Waals surface area contributed by atoms with Gasteiger partial charge in [0, 0.05) is 17.1 Å². The average molecular weight is 303 g/mol. The summed E-state index contributed by atoms with van der Waals surface area (Å²) in [7, 11) is 0. The lowest BCUT2D eigenvalue weighted by Gasteiger charge is -2.10. The first kappa shape index (κ1) is 16.3. The number of halogens is 2. The molecule has 1 atom stereocenters. The molecule has 1 heterocycles. The second kappa shape index (κ2) is 7.73. The van der Waals surface area contributed by atoms with Gasteiger partial charge in [0.05, 0.1) is 0 Å². The van der Waals surface area contributed by atoms with Crippen molar-refractivity contribution in [3.63, 3.8) is 0 Å². The standard InChI is InChI=1S/C14H19ClN2O.ClH/c1-10-2-3-12(15)8-13(10)14(18)17-7-5-11-4-6-16-9-11;/h2-3,8,11,16H,4-7,9H2,1H3,(H,17,18);1H. The number of benzene rings is 1. The maximum Gasteiger partial charge on any atom is 0.251 e. The first-order valence-electron chi connectivity index (χ1n) is 6.42. The van der Waals surface area contributed by atoms with Gasteiger partial charge in [-0.1, -0.05) is 17.7 Å². The van der Waals surface area contributed by atoms with Gasteiger partial charge in [-0.25, -0.2) is 0 Å². The summed E-state index contributed by atoms with van der Waals surface area (Å²) < 4.78 is 0. The summed E-state index contributed by atoms with van der Waals surface area (Å²) in [6, 6.07) is 5.40. The summed E-state index contributed by atoms with van der Waals surface area (Å²) >= 11 is 5.91. The number of carbonyl (C=O) groups is 1. The van der Waals surface area contributed by atoms with Gasteiger partial charge in [0.2, 0.25) is 0 Å². The van der Waals surface area contributed by atoms with Crippen LogP contribution in [0.5, 0.6) is 0 Å². The fraction of sp³-hybridized carbons (Fsp3) is 0.500. The van der Waals surface area contributed by atoms with Crippen molar-refractivity contribution in [2.24, 2.45) is 5.92 Å². The van der Waals surface area contributed by atoms with Crippen molar-refractivity contribution in [3.8, 4) is 0 Å². The molecular formula is C14H20Cl2N2O. The van der Waals surface area contributed by atoms with Gasteiger partial charge in [0.1, 0.15) is 0 Å². The van der Waals surface area contributed by atoms with E-state index in [1.165, 1.54) is 6.42 Å². The van der Waals surface area contributed by atoms with Crippen molar-refractivity contribution in [3.05, 3.63) is 34.3 Å². The summed E-state index contributed by atoms with van der Waals surface area (Å²) in [6.07, 6.45) is 2.25. The van der Waals surface area contributed by atoms with Crippen LogP contribution in [0.15, 0.2) is 18.2 Å². The number of nitrogens with one attached hydrogen (secondary N) is 2. The Morgan fingerprint density at radius 1 is 1.53 bits per heavy atom. The minimum absolute atomic E-state index is 0. The average Bonchev–Trinajstić information content (AvgIpc) is 2.85. The maximum absolute atomic E-state index is 12.0. The third kappa shape index (κ3) is 4.68. The topological polar surface area (TPSA) is 41.1 Å². The third-order valence-electron chi connectivity index (χ3n) is 3.44. The highest BCUT2D eigenvalue weighted by molar-refractivity contribution is 6.31. The van der Waals surface area contributed by atoms with Crippen molar-refractivity contribution in [1.82, 2.24) is 10.6 Å². The second-order valence-electron chi connectivity index (χ2n) is 4.86. The molecule has 1 saturated heterocycles. The number of carbonyl (C=O) groups excluding carboxylic acids is 1. The van der Waals surface area contributed by atoms with Crippen LogP contribution >= 0.6 is 24.0 Å². The summed E-state index contributed by atoms with van der Waals surface area (Å²) in [6.45, 7) is 4.83. The van der Waals surface area contributed by atoms with E-state index in [-0.39, 0.29) is 18.3 Å². The van der Waals surface area contributed by atoms with Crippen LogP contribution in [-0.4, -0.2) is 25.5 Å². The van der Waals surface area contributed by atoms with E-state index in [2.05, 4.69) is 10.6 Å². The fourth-order valence-electron chi connectivity index (χ4n) is 2.28. The zero-order chi connectivity index (χ0) is 13.0. The van der Waals surface area contributed by atoms with Gasteiger partial charge in [-0.3, -0.25) is 4.79 Å². The molecular weight excluding hydrogens is 283 g/mol. The molecule has 0 aliphatic carbocycles. The van der Waals surface area contributed by atoms with Gasteiger partial charge in [-0.05, 0) is 56.5 Å². The molecule has 0 aromatic heterocycles. The maximum atomic E-state index is 12.0. The van der Waals surface area contributed by atoms with Crippen LogP contribution in [0.2, 0.25) is 5.02 Å². The van der Waals surface area contributed by atoms with E-state index < -0.39 is 0 Å². The molecule has 2 N–H and O–H groups in total. The molecule has 1 amide bonds. The Bertz CT molecular complexity index is 431. The molecule has 3 nitrogen and oxygen atoms in total. The van der Waals surface area contributed by atoms with E-state index in [0.717, 1.165) is 31.6 Å². The molecule has 106 valence electrons. The van der Waals surface area contributed by atoms with Gasteiger partial charge in [0.25, 0.3) is 5.91 Å². The van der Waals surface area contributed by atoms with Crippen LogP contribution in [0, 0.1) is 12.8 Å². The van der Waals surface area contributed by atoms with Crippen LogP contribution in [0.4, 0.5) is 0 Å². The number of amides is 1. The molecule has 19 heavy (non-hydrogen) atoms. The van der Waals surface area contributed by atoms with Gasteiger partial charge >= 0.3 is 0 Å². The van der Waals surface area contributed by atoms with Crippen LogP contribution in [0.3, 0.4) is 0 Å². The quantitative estimate of drug-likeness (QED) is 0.898. The smallest absolute Gasteiger partial charge is 0.251 e. The molecule has 2 rings (SSSR count).